The number of hydrogen-bond donors (Lipinski definition) is 0. The molecular weight excluding hydrogens is 729 g/mol. The van der Waals surface area contributed by atoms with Gasteiger partial charge >= 0.3 is 0 Å². The van der Waals surface area contributed by atoms with Crippen molar-refractivity contribution < 1.29 is 0 Å². The first kappa shape index (κ1) is 37.4. The zero-order chi connectivity index (χ0) is 40.0. The summed E-state index contributed by atoms with van der Waals surface area (Å²) in [5, 5.41) is 2.87. The van der Waals surface area contributed by atoms with Crippen LogP contribution in [0.5, 0.6) is 0 Å². The first-order chi connectivity index (χ1) is 29.0. The van der Waals surface area contributed by atoms with Crippen LogP contribution in [0.15, 0.2) is 243 Å². The summed E-state index contributed by atoms with van der Waals surface area (Å²) in [5.41, 5.74) is 13.9. The van der Waals surface area contributed by atoms with Gasteiger partial charge in [-0.25, -0.2) is 0 Å². The molecule has 0 heterocycles. The number of para-hydroxylation sites is 2. The predicted molar refractivity (Wildman–Crippen MR) is 255 cm³/mol. The minimum absolute atomic E-state index is 1.11. The summed E-state index contributed by atoms with van der Waals surface area (Å²) in [5.74, 6) is 0. The van der Waals surface area contributed by atoms with Gasteiger partial charge in [0.25, 0.3) is 0 Å². The molecule has 0 saturated carbocycles. The third-order valence-corrected chi connectivity index (χ3v) is 14.9. The maximum Gasteiger partial charge on any atom is 0.112 e. The van der Waals surface area contributed by atoms with Gasteiger partial charge in [-0.2, -0.15) is 0 Å². The minimum atomic E-state index is -1.81. The Hall–Kier alpha value is -7.20. The monoisotopic (exact) mass is 774 g/mol. The molecule has 2 nitrogen and oxygen atoms in total. The van der Waals surface area contributed by atoms with Gasteiger partial charge in [-0.1, -0.05) is 193 Å². The van der Waals surface area contributed by atoms with Crippen molar-refractivity contribution in [2.24, 2.45) is 0 Å². The molecule has 0 bridgehead atoms. The molecule has 0 aliphatic heterocycles. The van der Waals surface area contributed by atoms with Crippen LogP contribution < -0.4 is 20.2 Å². The van der Waals surface area contributed by atoms with Gasteiger partial charge in [-0.05, 0) is 106 Å². The van der Waals surface area contributed by atoms with Crippen molar-refractivity contribution in [3.05, 3.63) is 243 Å². The maximum absolute atomic E-state index is 2.43. The van der Waals surface area contributed by atoms with Gasteiger partial charge in [0, 0.05) is 34.1 Å². The Morgan fingerprint density at radius 3 is 0.983 bits per heavy atom. The van der Waals surface area contributed by atoms with Crippen molar-refractivity contribution in [2.45, 2.75) is 13.1 Å². The average Bonchev–Trinajstić information content (AvgIpc) is 3.31. The number of hydrogen-bond acceptors (Lipinski definition) is 2. The van der Waals surface area contributed by atoms with Crippen molar-refractivity contribution >= 4 is 52.6 Å². The number of benzene rings is 9. The molecule has 0 aliphatic rings. The molecule has 0 radical (unpaired) electrons. The van der Waals surface area contributed by atoms with Crippen LogP contribution in [0.1, 0.15) is 0 Å². The molecule has 284 valence electrons. The Balaban J connectivity index is 0.953. The Morgan fingerprint density at radius 2 is 0.525 bits per heavy atom. The van der Waals surface area contributed by atoms with Crippen LogP contribution in [0.25, 0.3) is 33.4 Å². The molecule has 0 unspecified atom stereocenters. The van der Waals surface area contributed by atoms with Crippen LogP contribution in [-0.2, 0) is 0 Å². The van der Waals surface area contributed by atoms with Gasteiger partial charge in [0.2, 0.25) is 0 Å². The first-order valence-electron chi connectivity index (χ1n) is 20.3. The second kappa shape index (κ2) is 16.7. The summed E-state index contributed by atoms with van der Waals surface area (Å²) in [6.07, 6.45) is 0. The van der Waals surface area contributed by atoms with E-state index in [2.05, 4.69) is 266 Å². The molecule has 9 aromatic carbocycles. The summed E-state index contributed by atoms with van der Waals surface area (Å²) >= 11 is 0. The molecule has 3 heteroatoms. The van der Waals surface area contributed by atoms with E-state index in [1.807, 2.05) is 0 Å². The summed E-state index contributed by atoms with van der Waals surface area (Å²) in [6.45, 7) is 4.86. The zero-order valence-corrected chi connectivity index (χ0v) is 34.5. The van der Waals surface area contributed by atoms with Gasteiger partial charge < -0.3 is 9.80 Å². The first-order valence-corrected chi connectivity index (χ1v) is 23.3. The SMILES string of the molecule is C[Si](C)(c1ccccc1)c1ccc(N(c2ccccc2)c2ccc(-c3ccc(-c4ccc(N(c5ccccc5)c5cccc(-c6ccccc6)c5)cc4)cc3)cc2)cc1. The van der Waals surface area contributed by atoms with Gasteiger partial charge in [-0.15, -0.1) is 0 Å². The van der Waals surface area contributed by atoms with Gasteiger partial charge in [0.05, 0.1) is 0 Å². The number of rotatable bonds is 11. The van der Waals surface area contributed by atoms with Crippen molar-refractivity contribution in [2.75, 3.05) is 9.80 Å². The summed E-state index contributed by atoms with van der Waals surface area (Å²) in [7, 11) is -1.81. The van der Waals surface area contributed by atoms with Crippen LogP contribution in [0.2, 0.25) is 13.1 Å². The van der Waals surface area contributed by atoms with E-state index in [1.54, 1.807) is 0 Å². The molecule has 59 heavy (non-hydrogen) atoms. The van der Waals surface area contributed by atoms with Crippen LogP contribution in [0.3, 0.4) is 0 Å². The number of anilines is 6. The summed E-state index contributed by atoms with van der Waals surface area (Å²) in [4.78, 5) is 4.67. The number of nitrogens with zero attached hydrogens (tertiary/aromatic N) is 2. The Kier molecular flexibility index (Phi) is 10.6. The summed E-state index contributed by atoms with van der Waals surface area (Å²) in [6, 6.07) is 87.5. The fraction of sp³-hybridized carbons (Fsp3) is 0.0357. The Morgan fingerprint density at radius 1 is 0.237 bits per heavy atom. The van der Waals surface area contributed by atoms with E-state index in [0.717, 1.165) is 34.1 Å². The van der Waals surface area contributed by atoms with E-state index in [-0.39, 0.29) is 0 Å². The van der Waals surface area contributed by atoms with Crippen LogP contribution >= 0.6 is 0 Å². The molecule has 0 amide bonds. The van der Waals surface area contributed by atoms with Crippen LogP contribution in [0.4, 0.5) is 34.1 Å². The quantitative estimate of drug-likeness (QED) is 0.121. The maximum atomic E-state index is 2.43. The van der Waals surface area contributed by atoms with Crippen molar-refractivity contribution in [3.8, 4) is 33.4 Å². The molecule has 0 aromatic heterocycles. The topological polar surface area (TPSA) is 6.48 Å². The highest BCUT2D eigenvalue weighted by atomic mass is 28.3. The lowest BCUT2D eigenvalue weighted by Gasteiger charge is -2.28. The van der Waals surface area contributed by atoms with Crippen molar-refractivity contribution in [1.29, 1.82) is 0 Å². The third-order valence-electron chi connectivity index (χ3n) is 11.4. The van der Waals surface area contributed by atoms with Gasteiger partial charge in [-0.3, -0.25) is 0 Å². The summed E-state index contributed by atoms with van der Waals surface area (Å²) < 4.78 is 0. The van der Waals surface area contributed by atoms with E-state index >= 15 is 0 Å². The molecular formula is C56H46N2Si. The lowest BCUT2D eigenvalue weighted by atomic mass is 9.99. The predicted octanol–water partition coefficient (Wildman–Crippen LogP) is 14.4. The highest BCUT2D eigenvalue weighted by Crippen LogP contribution is 2.39. The van der Waals surface area contributed by atoms with Gasteiger partial charge in [0.1, 0.15) is 8.07 Å². The highest BCUT2D eigenvalue weighted by molar-refractivity contribution is 7.00. The zero-order valence-electron chi connectivity index (χ0n) is 33.5. The molecule has 0 fully saturated rings. The molecule has 9 rings (SSSR count). The van der Waals surface area contributed by atoms with Crippen molar-refractivity contribution in [3.63, 3.8) is 0 Å². The second-order valence-corrected chi connectivity index (χ2v) is 19.9. The van der Waals surface area contributed by atoms with E-state index in [9.17, 15) is 0 Å². The standard InChI is InChI=1S/C56H46N2Si/c1-59(2,55-24-13-6-14-25-55)56-40-38-53(39-41-56)57(49-19-9-4-10-20-49)51-34-30-46(31-35-51)44-26-28-45(29-27-44)47-32-36-52(37-33-47)58(50-21-11-5-12-22-50)54-23-15-18-48(42-54)43-16-7-3-8-17-43/h3-42H,1-2H3. The van der Waals surface area contributed by atoms with Crippen molar-refractivity contribution in [1.82, 2.24) is 0 Å². The van der Waals surface area contributed by atoms with Crippen LogP contribution in [0, 0.1) is 0 Å². The smallest absolute Gasteiger partial charge is 0.112 e. The third kappa shape index (κ3) is 8.02. The van der Waals surface area contributed by atoms with E-state index in [0.29, 0.717) is 0 Å². The molecule has 0 spiro atoms. The minimum Gasteiger partial charge on any atom is -0.311 e. The second-order valence-electron chi connectivity index (χ2n) is 15.5. The largest absolute Gasteiger partial charge is 0.311 e. The Bertz CT molecular complexity index is 2730. The van der Waals surface area contributed by atoms with Gasteiger partial charge in [0.15, 0.2) is 0 Å². The van der Waals surface area contributed by atoms with Crippen LogP contribution in [-0.4, -0.2) is 8.07 Å². The average molecular weight is 775 g/mol. The fourth-order valence-corrected chi connectivity index (χ4v) is 10.4. The molecule has 0 atom stereocenters. The molecule has 0 N–H and O–H groups in total. The van der Waals surface area contributed by atoms with E-state index < -0.39 is 8.07 Å². The lowest BCUT2D eigenvalue weighted by Crippen LogP contribution is -2.52. The lowest BCUT2D eigenvalue weighted by molar-refractivity contribution is 1.28. The highest BCUT2D eigenvalue weighted by Gasteiger charge is 2.26. The molecule has 0 saturated heterocycles. The fourth-order valence-electron chi connectivity index (χ4n) is 8.01. The Labute approximate surface area is 350 Å². The van der Waals surface area contributed by atoms with E-state index in [4.69, 9.17) is 0 Å². The van der Waals surface area contributed by atoms with E-state index in [1.165, 1.54) is 43.8 Å². The molecule has 0 aliphatic carbocycles. The molecule has 9 aromatic rings. The normalized spacial score (nSPS) is 11.2.